The zero-order chi connectivity index (χ0) is 26.7. The molecule has 0 N–H and O–H groups in total. The van der Waals surface area contributed by atoms with Crippen LogP contribution in [0, 0.1) is 10.5 Å². The maximum absolute atomic E-state index is 13.6. The van der Waals surface area contributed by atoms with Gasteiger partial charge in [0.15, 0.2) is 5.82 Å². The van der Waals surface area contributed by atoms with Gasteiger partial charge in [-0.15, -0.1) is 0 Å². The van der Waals surface area contributed by atoms with Crippen molar-refractivity contribution in [1.29, 1.82) is 0 Å². The number of benzene rings is 3. The van der Waals surface area contributed by atoms with Crippen molar-refractivity contribution in [2.24, 2.45) is 5.10 Å². The monoisotopic (exact) mass is 609 g/mol. The number of fused-ring (bicyclic) bond motifs is 1. The van der Waals surface area contributed by atoms with Gasteiger partial charge in [-0.25, -0.2) is 4.98 Å². The van der Waals surface area contributed by atoms with Crippen LogP contribution in [0.25, 0.3) is 22.3 Å². The van der Waals surface area contributed by atoms with E-state index in [4.69, 9.17) is 14.5 Å². The average molecular weight is 610 g/mol. The molecule has 4 rings (SSSR count). The lowest BCUT2D eigenvalue weighted by molar-refractivity contribution is 0.240. The van der Waals surface area contributed by atoms with Gasteiger partial charge in [-0.2, -0.15) is 9.78 Å². The minimum absolute atomic E-state index is 0.0888. The Morgan fingerprint density at radius 3 is 2.49 bits per heavy atom. The summed E-state index contributed by atoms with van der Waals surface area (Å²) in [6.45, 7) is 12.8. The first-order valence-corrected chi connectivity index (χ1v) is 13.6. The Balaban J connectivity index is 1.90. The number of hydrogen-bond donors (Lipinski definition) is 0. The highest BCUT2D eigenvalue weighted by atomic mass is 127. The number of hydrogen-bond acceptors (Lipinski definition) is 5. The van der Waals surface area contributed by atoms with Crippen LogP contribution in [0.5, 0.6) is 11.5 Å². The van der Waals surface area contributed by atoms with E-state index >= 15 is 0 Å². The zero-order valence-corrected chi connectivity index (χ0v) is 24.2. The van der Waals surface area contributed by atoms with Crippen LogP contribution in [0.4, 0.5) is 0 Å². The molecule has 0 unspecified atom stereocenters. The Labute approximate surface area is 231 Å². The molecule has 0 amide bonds. The minimum Gasteiger partial charge on any atom is -0.494 e. The molecule has 0 spiro atoms. The average Bonchev–Trinajstić information content (AvgIpc) is 2.85. The van der Waals surface area contributed by atoms with Gasteiger partial charge < -0.3 is 9.47 Å². The van der Waals surface area contributed by atoms with Gasteiger partial charge >= 0.3 is 0 Å². The van der Waals surface area contributed by atoms with Crippen molar-refractivity contribution in [1.82, 2.24) is 9.66 Å². The predicted molar refractivity (Wildman–Crippen MR) is 159 cm³/mol. The lowest BCUT2D eigenvalue weighted by atomic mass is 9.96. The molecule has 7 heteroatoms. The normalized spacial score (nSPS) is 11.7. The van der Waals surface area contributed by atoms with Gasteiger partial charge in [-0.3, -0.25) is 4.79 Å². The van der Waals surface area contributed by atoms with Crippen LogP contribution in [0.1, 0.15) is 57.2 Å². The second kappa shape index (κ2) is 11.5. The van der Waals surface area contributed by atoms with Gasteiger partial charge in [0.25, 0.3) is 5.56 Å². The van der Waals surface area contributed by atoms with E-state index in [0.717, 1.165) is 37.3 Å². The summed E-state index contributed by atoms with van der Waals surface area (Å²) in [6.07, 6.45) is 1.78. The largest absolute Gasteiger partial charge is 0.494 e. The smallest absolute Gasteiger partial charge is 0.282 e. The Bertz CT molecular complexity index is 1520. The summed E-state index contributed by atoms with van der Waals surface area (Å²) >= 11 is 2.25. The molecule has 0 saturated carbocycles. The van der Waals surface area contributed by atoms with Crippen LogP contribution in [-0.4, -0.2) is 28.6 Å². The second-order valence-corrected chi connectivity index (χ2v) is 10.6. The Hall–Kier alpha value is -3.20. The first kappa shape index (κ1) is 26.9. The summed E-state index contributed by atoms with van der Waals surface area (Å²) in [6, 6.07) is 17.3. The van der Waals surface area contributed by atoms with E-state index < -0.39 is 0 Å². The fraction of sp³-hybridized carbons (Fsp3) is 0.300. The van der Waals surface area contributed by atoms with Gasteiger partial charge in [-0.05, 0) is 115 Å². The first-order valence-electron chi connectivity index (χ1n) is 12.5. The van der Waals surface area contributed by atoms with E-state index in [9.17, 15) is 4.79 Å². The highest BCUT2D eigenvalue weighted by Gasteiger charge is 2.18. The zero-order valence-electron chi connectivity index (χ0n) is 22.1. The van der Waals surface area contributed by atoms with E-state index in [-0.39, 0.29) is 17.6 Å². The maximum Gasteiger partial charge on any atom is 0.282 e. The van der Waals surface area contributed by atoms with Gasteiger partial charge in [0, 0.05) is 5.56 Å². The minimum atomic E-state index is -0.217. The summed E-state index contributed by atoms with van der Waals surface area (Å²) in [4.78, 5) is 18.6. The van der Waals surface area contributed by atoms with Gasteiger partial charge in [0.1, 0.15) is 11.5 Å². The molecule has 37 heavy (non-hydrogen) atoms. The third-order valence-corrected chi connectivity index (χ3v) is 6.76. The SMILES string of the molecule is CCOc1cc(C)c(-c2nc3ccccc3c(=O)n2N=Cc2ccc(OC(C)C)c(I)c2)cc1C(C)C. The summed E-state index contributed by atoms with van der Waals surface area (Å²) in [5.41, 5.74) is 4.16. The Morgan fingerprint density at radius 1 is 1.05 bits per heavy atom. The maximum atomic E-state index is 13.6. The predicted octanol–water partition coefficient (Wildman–Crippen LogP) is 7.17. The molecular weight excluding hydrogens is 577 g/mol. The van der Waals surface area contributed by atoms with E-state index in [1.165, 1.54) is 4.68 Å². The third kappa shape index (κ3) is 5.87. The summed E-state index contributed by atoms with van der Waals surface area (Å²) < 4.78 is 14.1. The number of nitrogens with zero attached hydrogens (tertiary/aromatic N) is 3. The lowest BCUT2D eigenvalue weighted by Crippen LogP contribution is -2.21. The van der Waals surface area contributed by atoms with Crippen LogP contribution in [0.3, 0.4) is 0 Å². The molecule has 0 radical (unpaired) electrons. The fourth-order valence-corrected chi connectivity index (χ4v) is 4.81. The molecular formula is C30H32IN3O3. The van der Waals surface area contributed by atoms with Crippen molar-refractivity contribution < 1.29 is 9.47 Å². The van der Waals surface area contributed by atoms with E-state index in [0.29, 0.717) is 23.3 Å². The molecule has 0 saturated heterocycles. The van der Waals surface area contributed by atoms with E-state index in [1.54, 1.807) is 12.3 Å². The topological polar surface area (TPSA) is 65.7 Å². The van der Waals surface area contributed by atoms with Crippen LogP contribution in [-0.2, 0) is 0 Å². The van der Waals surface area contributed by atoms with Crippen molar-refractivity contribution >= 4 is 39.7 Å². The van der Waals surface area contributed by atoms with Gasteiger partial charge in [0.05, 0.1) is 33.4 Å². The molecule has 192 valence electrons. The Morgan fingerprint density at radius 2 is 1.81 bits per heavy atom. The number of rotatable bonds is 8. The van der Waals surface area contributed by atoms with Crippen LogP contribution in [0.15, 0.2) is 64.5 Å². The summed E-state index contributed by atoms with van der Waals surface area (Å²) in [5.74, 6) is 2.41. The molecule has 0 bridgehead atoms. The Kier molecular flexibility index (Phi) is 8.32. The molecule has 3 aromatic carbocycles. The highest BCUT2D eigenvalue weighted by molar-refractivity contribution is 14.1. The standard InChI is InChI=1S/C30H32IN3O3/c1-7-36-28-14-20(6)24(16-23(28)18(2)3)29-33-26-11-9-8-10-22(26)30(35)34(29)32-17-21-12-13-27(25(31)15-21)37-19(4)5/h8-19H,7H2,1-6H3. The van der Waals surface area contributed by atoms with Crippen molar-refractivity contribution in [2.75, 3.05) is 6.61 Å². The molecule has 6 nitrogen and oxygen atoms in total. The van der Waals surface area contributed by atoms with Gasteiger partial charge in [-0.1, -0.05) is 26.0 Å². The number of aryl methyl sites for hydroxylation is 1. The quantitative estimate of drug-likeness (QED) is 0.157. The van der Waals surface area contributed by atoms with Crippen LogP contribution >= 0.6 is 22.6 Å². The summed E-state index contributed by atoms with van der Waals surface area (Å²) in [5, 5.41) is 5.17. The second-order valence-electron chi connectivity index (χ2n) is 9.46. The number of aromatic nitrogens is 2. The van der Waals surface area contributed by atoms with Crippen molar-refractivity contribution in [3.8, 4) is 22.9 Å². The van der Waals surface area contributed by atoms with E-state index in [1.807, 2.05) is 70.2 Å². The van der Waals surface area contributed by atoms with Gasteiger partial charge in [0.2, 0.25) is 0 Å². The molecule has 0 aliphatic heterocycles. The van der Waals surface area contributed by atoms with Crippen molar-refractivity contribution in [3.05, 3.63) is 85.2 Å². The molecule has 0 fully saturated rings. The number of halogens is 1. The molecule has 0 aliphatic carbocycles. The van der Waals surface area contributed by atoms with E-state index in [2.05, 4.69) is 47.6 Å². The van der Waals surface area contributed by atoms with Crippen molar-refractivity contribution in [2.45, 2.75) is 53.6 Å². The first-order chi connectivity index (χ1) is 17.7. The van der Waals surface area contributed by atoms with Crippen LogP contribution < -0.4 is 15.0 Å². The molecule has 1 aromatic heterocycles. The lowest BCUT2D eigenvalue weighted by Gasteiger charge is -2.18. The van der Waals surface area contributed by atoms with Crippen molar-refractivity contribution in [3.63, 3.8) is 0 Å². The summed E-state index contributed by atoms with van der Waals surface area (Å²) in [7, 11) is 0. The fourth-order valence-electron chi connectivity index (χ4n) is 4.15. The molecule has 1 heterocycles. The molecule has 0 aliphatic rings. The molecule has 4 aromatic rings. The number of para-hydroxylation sites is 1. The third-order valence-electron chi connectivity index (χ3n) is 5.91. The molecule has 0 atom stereocenters. The highest BCUT2D eigenvalue weighted by Crippen LogP contribution is 2.34. The number of ether oxygens (including phenoxy) is 2. The van der Waals surface area contributed by atoms with Crippen LogP contribution in [0.2, 0.25) is 0 Å².